The number of hydrogen-bond donors (Lipinski definition) is 3. The number of aliphatic imine (C=N–C) groups is 1. The molecule has 0 radical (unpaired) electrons. The normalized spacial score (nSPS) is 25.7. The van der Waals surface area contributed by atoms with Gasteiger partial charge >= 0.3 is 0 Å². The first kappa shape index (κ1) is 14.3. The second-order valence-corrected chi connectivity index (χ2v) is 4.76. The predicted molar refractivity (Wildman–Crippen MR) is 72.3 cm³/mol. The van der Waals surface area contributed by atoms with E-state index >= 15 is 0 Å². The van der Waals surface area contributed by atoms with Crippen molar-refractivity contribution in [1.29, 1.82) is 0 Å². The lowest BCUT2D eigenvalue weighted by Gasteiger charge is -2.27. The third-order valence-corrected chi connectivity index (χ3v) is 3.16. The Hall–Kier alpha value is -0.770. The van der Waals surface area contributed by atoms with Crippen molar-refractivity contribution >= 4 is 5.96 Å². The highest BCUT2D eigenvalue weighted by molar-refractivity contribution is 5.80. The molecule has 4 nitrogen and oxygen atoms in total. The summed E-state index contributed by atoms with van der Waals surface area (Å²) in [5, 5.41) is 16.2. The van der Waals surface area contributed by atoms with Gasteiger partial charge in [-0.25, -0.2) is 0 Å². The number of rotatable bonds is 5. The van der Waals surface area contributed by atoms with Crippen molar-refractivity contribution in [3.63, 3.8) is 0 Å². The maximum absolute atomic E-state index is 9.46. The maximum Gasteiger partial charge on any atom is 0.191 e. The Kier molecular flexibility index (Phi) is 7.01. The van der Waals surface area contributed by atoms with E-state index in [0.29, 0.717) is 6.04 Å². The third kappa shape index (κ3) is 5.91. The molecular formula is C13H27N3O. The highest BCUT2D eigenvalue weighted by Crippen LogP contribution is 2.18. The molecule has 0 unspecified atom stereocenters. The van der Waals surface area contributed by atoms with E-state index in [1.807, 2.05) is 0 Å². The molecule has 0 aliphatic heterocycles. The van der Waals surface area contributed by atoms with Gasteiger partial charge in [0.05, 0.1) is 6.10 Å². The quantitative estimate of drug-likeness (QED) is 0.390. The van der Waals surface area contributed by atoms with Crippen molar-refractivity contribution in [2.24, 2.45) is 4.99 Å². The van der Waals surface area contributed by atoms with Crippen LogP contribution in [0.4, 0.5) is 0 Å². The SMILES string of the molecule is CCCCN=C(NCC)NC1CCC(O)CC1. The Morgan fingerprint density at radius 2 is 1.94 bits per heavy atom. The summed E-state index contributed by atoms with van der Waals surface area (Å²) in [6.45, 7) is 6.05. The van der Waals surface area contributed by atoms with Crippen LogP contribution in [0, 0.1) is 0 Å². The standard InChI is InChI=1S/C13H27N3O/c1-3-5-10-15-13(14-4-2)16-11-6-8-12(17)9-7-11/h11-12,17H,3-10H2,1-2H3,(H2,14,15,16). The molecule has 0 amide bonds. The number of aliphatic hydroxyl groups is 1. The Morgan fingerprint density at radius 3 is 2.53 bits per heavy atom. The van der Waals surface area contributed by atoms with Crippen LogP contribution < -0.4 is 10.6 Å². The van der Waals surface area contributed by atoms with E-state index in [9.17, 15) is 5.11 Å². The molecule has 0 saturated heterocycles. The lowest BCUT2D eigenvalue weighted by molar-refractivity contribution is 0.120. The van der Waals surface area contributed by atoms with Crippen molar-refractivity contribution in [1.82, 2.24) is 10.6 Å². The molecule has 1 aliphatic carbocycles. The van der Waals surface area contributed by atoms with Gasteiger partial charge < -0.3 is 15.7 Å². The summed E-state index contributed by atoms with van der Waals surface area (Å²) in [4.78, 5) is 4.55. The summed E-state index contributed by atoms with van der Waals surface area (Å²) in [5.41, 5.74) is 0. The monoisotopic (exact) mass is 241 g/mol. The van der Waals surface area contributed by atoms with Crippen LogP contribution in [0.25, 0.3) is 0 Å². The van der Waals surface area contributed by atoms with Crippen molar-refractivity contribution in [3.05, 3.63) is 0 Å². The molecule has 1 saturated carbocycles. The fraction of sp³-hybridized carbons (Fsp3) is 0.923. The Bertz CT molecular complexity index is 223. The van der Waals surface area contributed by atoms with E-state index in [0.717, 1.165) is 51.2 Å². The summed E-state index contributed by atoms with van der Waals surface area (Å²) in [6, 6.07) is 0.470. The number of nitrogens with one attached hydrogen (secondary N) is 2. The fourth-order valence-electron chi connectivity index (χ4n) is 2.08. The molecule has 0 aromatic carbocycles. The van der Waals surface area contributed by atoms with Crippen molar-refractivity contribution in [3.8, 4) is 0 Å². The molecule has 1 rings (SSSR count). The largest absolute Gasteiger partial charge is 0.393 e. The van der Waals surface area contributed by atoms with Crippen LogP contribution in [0.15, 0.2) is 4.99 Å². The molecule has 0 bridgehead atoms. The zero-order valence-electron chi connectivity index (χ0n) is 11.2. The lowest BCUT2D eigenvalue weighted by Crippen LogP contribution is -2.45. The molecular weight excluding hydrogens is 214 g/mol. The second-order valence-electron chi connectivity index (χ2n) is 4.76. The molecule has 1 aliphatic rings. The fourth-order valence-corrected chi connectivity index (χ4v) is 2.08. The van der Waals surface area contributed by atoms with E-state index in [1.54, 1.807) is 0 Å². The van der Waals surface area contributed by atoms with Gasteiger partial charge in [-0.2, -0.15) is 0 Å². The summed E-state index contributed by atoms with van der Waals surface area (Å²) in [5.74, 6) is 0.933. The Morgan fingerprint density at radius 1 is 1.24 bits per heavy atom. The van der Waals surface area contributed by atoms with Gasteiger partial charge in [-0.3, -0.25) is 4.99 Å². The first-order valence-corrected chi connectivity index (χ1v) is 6.99. The van der Waals surface area contributed by atoms with E-state index in [2.05, 4.69) is 29.5 Å². The zero-order chi connectivity index (χ0) is 12.5. The first-order valence-electron chi connectivity index (χ1n) is 6.99. The molecule has 0 aromatic heterocycles. The van der Waals surface area contributed by atoms with E-state index in [4.69, 9.17) is 0 Å². The van der Waals surface area contributed by atoms with Crippen molar-refractivity contribution in [2.75, 3.05) is 13.1 Å². The van der Waals surface area contributed by atoms with Gasteiger partial charge in [-0.05, 0) is 39.0 Å². The molecule has 0 aromatic rings. The Labute approximate surface area is 105 Å². The predicted octanol–water partition coefficient (Wildman–Crippen LogP) is 1.65. The molecule has 1 fully saturated rings. The molecule has 17 heavy (non-hydrogen) atoms. The highest BCUT2D eigenvalue weighted by atomic mass is 16.3. The zero-order valence-corrected chi connectivity index (χ0v) is 11.2. The Balaban J connectivity index is 2.34. The van der Waals surface area contributed by atoms with Crippen LogP contribution in [-0.4, -0.2) is 36.3 Å². The van der Waals surface area contributed by atoms with Gasteiger partial charge in [0.25, 0.3) is 0 Å². The van der Waals surface area contributed by atoms with Crippen LogP contribution in [-0.2, 0) is 0 Å². The number of hydrogen-bond acceptors (Lipinski definition) is 2. The molecule has 3 N–H and O–H groups in total. The van der Waals surface area contributed by atoms with Crippen LogP contribution in [0.3, 0.4) is 0 Å². The minimum absolute atomic E-state index is 0.0901. The van der Waals surface area contributed by atoms with Crippen LogP contribution in [0.5, 0.6) is 0 Å². The smallest absolute Gasteiger partial charge is 0.191 e. The molecule has 0 atom stereocenters. The highest BCUT2D eigenvalue weighted by Gasteiger charge is 2.19. The van der Waals surface area contributed by atoms with E-state index in [-0.39, 0.29) is 6.10 Å². The third-order valence-electron chi connectivity index (χ3n) is 3.16. The van der Waals surface area contributed by atoms with Crippen LogP contribution in [0.1, 0.15) is 52.4 Å². The van der Waals surface area contributed by atoms with Gasteiger partial charge in [0.1, 0.15) is 0 Å². The number of aliphatic hydroxyl groups excluding tert-OH is 1. The number of nitrogens with zero attached hydrogens (tertiary/aromatic N) is 1. The first-order chi connectivity index (χ1) is 8.26. The maximum atomic E-state index is 9.46. The minimum atomic E-state index is -0.0901. The summed E-state index contributed by atoms with van der Waals surface area (Å²) in [7, 11) is 0. The number of guanidine groups is 1. The average Bonchev–Trinajstić information content (AvgIpc) is 2.32. The van der Waals surface area contributed by atoms with Gasteiger partial charge in [-0.15, -0.1) is 0 Å². The lowest BCUT2D eigenvalue weighted by atomic mass is 9.93. The molecule has 0 heterocycles. The topological polar surface area (TPSA) is 56.7 Å². The molecule has 0 spiro atoms. The molecule has 4 heteroatoms. The van der Waals surface area contributed by atoms with Gasteiger partial charge in [0.2, 0.25) is 0 Å². The van der Waals surface area contributed by atoms with Gasteiger partial charge in [0.15, 0.2) is 5.96 Å². The van der Waals surface area contributed by atoms with Crippen LogP contribution in [0.2, 0.25) is 0 Å². The van der Waals surface area contributed by atoms with Gasteiger partial charge in [0, 0.05) is 19.1 Å². The number of unbranched alkanes of at least 4 members (excludes halogenated alkanes) is 1. The molecule has 100 valence electrons. The minimum Gasteiger partial charge on any atom is -0.393 e. The average molecular weight is 241 g/mol. The summed E-state index contributed by atoms with van der Waals surface area (Å²) >= 11 is 0. The van der Waals surface area contributed by atoms with Gasteiger partial charge in [-0.1, -0.05) is 13.3 Å². The van der Waals surface area contributed by atoms with Crippen molar-refractivity contribution in [2.45, 2.75) is 64.5 Å². The summed E-state index contributed by atoms with van der Waals surface area (Å²) in [6.07, 6.45) is 6.13. The van der Waals surface area contributed by atoms with Crippen LogP contribution >= 0.6 is 0 Å². The summed E-state index contributed by atoms with van der Waals surface area (Å²) < 4.78 is 0. The van der Waals surface area contributed by atoms with E-state index < -0.39 is 0 Å². The van der Waals surface area contributed by atoms with E-state index in [1.165, 1.54) is 6.42 Å². The van der Waals surface area contributed by atoms with Crippen molar-refractivity contribution < 1.29 is 5.11 Å². The second kappa shape index (κ2) is 8.34.